The number of nitrogens with one attached hydrogen (secondary N) is 1. The van der Waals surface area contributed by atoms with E-state index in [1.165, 1.54) is 7.11 Å². The molecular formula is C21H23N3O3S. The molecule has 4 rings (SSSR count). The van der Waals surface area contributed by atoms with Crippen molar-refractivity contribution in [2.45, 2.75) is 25.3 Å². The van der Waals surface area contributed by atoms with Crippen LogP contribution in [0, 0.1) is 5.92 Å². The molecule has 1 N–H and O–H groups in total. The summed E-state index contributed by atoms with van der Waals surface area (Å²) in [5.74, 6) is 0.493. The second-order valence-electron chi connectivity index (χ2n) is 7.48. The number of aromatic nitrogens is 1. The van der Waals surface area contributed by atoms with Gasteiger partial charge in [0.25, 0.3) is 5.56 Å². The van der Waals surface area contributed by atoms with Crippen LogP contribution in [0.25, 0.3) is 0 Å². The number of fused-ring (bicyclic) bond motifs is 4. The summed E-state index contributed by atoms with van der Waals surface area (Å²) < 4.78 is 6.62. The normalized spacial score (nSPS) is 20.2. The number of likely N-dealkylation sites (tertiary alicyclic amines) is 1. The van der Waals surface area contributed by atoms with E-state index in [4.69, 9.17) is 17.0 Å². The van der Waals surface area contributed by atoms with Gasteiger partial charge in [0.1, 0.15) is 0 Å². The lowest BCUT2D eigenvalue weighted by Gasteiger charge is -2.43. The predicted octanol–water partition coefficient (Wildman–Crippen LogP) is 2.38. The zero-order valence-corrected chi connectivity index (χ0v) is 16.6. The molecule has 0 aliphatic carbocycles. The van der Waals surface area contributed by atoms with Gasteiger partial charge in [0.2, 0.25) is 0 Å². The van der Waals surface area contributed by atoms with Gasteiger partial charge in [-0.25, -0.2) is 0 Å². The van der Waals surface area contributed by atoms with Crippen molar-refractivity contribution in [3.8, 4) is 0 Å². The quantitative estimate of drug-likeness (QED) is 0.634. The van der Waals surface area contributed by atoms with Crippen LogP contribution in [0.4, 0.5) is 5.69 Å². The highest BCUT2D eigenvalue weighted by Gasteiger charge is 2.35. The van der Waals surface area contributed by atoms with Gasteiger partial charge in [0.05, 0.1) is 13.5 Å². The SMILES string of the molecule is COC(=O)Cc1ccc(NC(=S)N2C[C@@H]3C[C@@H](C2)c2cccc(=O)n2C3)cc1. The highest BCUT2D eigenvalue weighted by molar-refractivity contribution is 7.80. The summed E-state index contributed by atoms with van der Waals surface area (Å²) in [6, 6.07) is 13.2. The van der Waals surface area contributed by atoms with Crippen LogP contribution in [0.2, 0.25) is 0 Å². The first-order valence-electron chi connectivity index (χ1n) is 9.45. The second kappa shape index (κ2) is 7.75. The summed E-state index contributed by atoms with van der Waals surface area (Å²) in [6.07, 6.45) is 1.36. The Labute approximate surface area is 169 Å². The summed E-state index contributed by atoms with van der Waals surface area (Å²) in [7, 11) is 1.39. The third-order valence-corrected chi connectivity index (χ3v) is 5.91. The first-order chi connectivity index (χ1) is 13.5. The first kappa shape index (κ1) is 18.7. The smallest absolute Gasteiger partial charge is 0.309 e. The molecule has 0 radical (unpaired) electrons. The highest BCUT2D eigenvalue weighted by Crippen LogP contribution is 2.35. The molecule has 2 atom stereocenters. The maximum Gasteiger partial charge on any atom is 0.309 e. The molecule has 3 heterocycles. The molecule has 0 spiro atoms. The maximum atomic E-state index is 12.1. The number of benzene rings is 1. The summed E-state index contributed by atoms with van der Waals surface area (Å²) in [6.45, 7) is 2.42. The number of hydrogen-bond acceptors (Lipinski definition) is 4. The molecule has 2 aliphatic rings. The number of nitrogens with zero attached hydrogens (tertiary/aromatic N) is 2. The van der Waals surface area contributed by atoms with Gasteiger partial charge in [-0.1, -0.05) is 18.2 Å². The summed E-state index contributed by atoms with van der Waals surface area (Å²) in [5.41, 5.74) is 3.00. The highest BCUT2D eigenvalue weighted by atomic mass is 32.1. The molecule has 6 nitrogen and oxygen atoms in total. The average molecular weight is 398 g/mol. The molecule has 0 unspecified atom stereocenters. The maximum absolute atomic E-state index is 12.1. The van der Waals surface area contributed by atoms with E-state index in [-0.39, 0.29) is 17.9 Å². The molecule has 1 aromatic heterocycles. The van der Waals surface area contributed by atoms with Crippen molar-refractivity contribution in [2.24, 2.45) is 5.92 Å². The van der Waals surface area contributed by atoms with Crippen LogP contribution in [0.15, 0.2) is 47.3 Å². The van der Waals surface area contributed by atoms with Crippen LogP contribution in [0.1, 0.15) is 23.6 Å². The van der Waals surface area contributed by atoms with Crippen LogP contribution in [0.5, 0.6) is 0 Å². The van der Waals surface area contributed by atoms with Gasteiger partial charge in [0.15, 0.2) is 5.11 Å². The van der Waals surface area contributed by atoms with Gasteiger partial charge < -0.3 is 19.5 Å². The summed E-state index contributed by atoms with van der Waals surface area (Å²) >= 11 is 5.65. The lowest BCUT2D eigenvalue weighted by Crippen LogP contribution is -2.50. The standard InChI is InChI=1S/C21H23N3O3S/c1-27-20(26)10-14-5-7-17(8-6-14)22-21(28)23-11-15-9-16(13-23)18-3-2-4-19(25)24(18)12-15/h2-8,15-16H,9-13H2,1H3,(H,22,28)/t15-,16-/m0/s1. The number of anilines is 1. The Balaban J connectivity index is 1.42. The third-order valence-electron chi connectivity index (χ3n) is 5.55. The Morgan fingerprint density at radius 3 is 2.71 bits per heavy atom. The van der Waals surface area contributed by atoms with Crippen LogP contribution >= 0.6 is 12.2 Å². The van der Waals surface area contributed by atoms with Crippen LogP contribution in [-0.4, -0.2) is 40.7 Å². The Kier molecular flexibility index (Phi) is 5.17. The van der Waals surface area contributed by atoms with Gasteiger partial charge in [0, 0.05) is 43.0 Å². The largest absolute Gasteiger partial charge is 0.469 e. The lowest BCUT2D eigenvalue weighted by molar-refractivity contribution is -0.139. The molecule has 7 heteroatoms. The average Bonchev–Trinajstić information content (AvgIpc) is 2.70. The van der Waals surface area contributed by atoms with Gasteiger partial charge in [-0.2, -0.15) is 0 Å². The zero-order valence-electron chi connectivity index (χ0n) is 15.8. The number of thiocarbonyl (C=S) groups is 1. The van der Waals surface area contributed by atoms with Crippen molar-refractivity contribution in [1.82, 2.24) is 9.47 Å². The van der Waals surface area contributed by atoms with Crippen LogP contribution < -0.4 is 10.9 Å². The van der Waals surface area contributed by atoms with Crippen molar-refractivity contribution in [3.05, 3.63) is 64.1 Å². The topological polar surface area (TPSA) is 63.6 Å². The fourth-order valence-corrected chi connectivity index (χ4v) is 4.48. The van der Waals surface area contributed by atoms with Crippen molar-refractivity contribution in [2.75, 3.05) is 25.5 Å². The number of esters is 1. The number of ether oxygens (including phenoxy) is 1. The Morgan fingerprint density at radius 2 is 1.96 bits per heavy atom. The molecule has 0 saturated carbocycles. The van der Waals surface area contributed by atoms with Crippen LogP contribution in [-0.2, 0) is 22.5 Å². The molecule has 1 saturated heterocycles. The van der Waals surface area contributed by atoms with Crippen molar-refractivity contribution in [3.63, 3.8) is 0 Å². The molecule has 1 fully saturated rings. The van der Waals surface area contributed by atoms with E-state index in [1.54, 1.807) is 6.07 Å². The summed E-state index contributed by atoms with van der Waals surface area (Å²) in [5, 5.41) is 4.00. The zero-order chi connectivity index (χ0) is 19.7. The number of rotatable bonds is 3. The lowest BCUT2D eigenvalue weighted by atomic mass is 9.83. The molecule has 2 bridgehead atoms. The van der Waals surface area contributed by atoms with E-state index in [0.29, 0.717) is 16.9 Å². The molecule has 1 aromatic carbocycles. The molecule has 2 aliphatic heterocycles. The van der Waals surface area contributed by atoms with Gasteiger partial charge in [-0.3, -0.25) is 9.59 Å². The fraction of sp³-hybridized carbons (Fsp3) is 0.381. The van der Waals surface area contributed by atoms with E-state index in [9.17, 15) is 9.59 Å². The van der Waals surface area contributed by atoms with E-state index >= 15 is 0 Å². The van der Waals surface area contributed by atoms with E-state index < -0.39 is 0 Å². The number of piperidine rings is 1. The Morgan fingerprint density at radius 1 is 1.18 bits per heavy atom. The fourth-order valence-electron chi connectivity index (χ4n) is 4.21. The number of carbonyl (C=O) groups is 1. The Hall–Kier alpha value is -2.67. The number of hydrogen-bond donors (Lipinski definition) is 1. The second-order valence-corrected chi connectivity index (χ2v) is 7.87. The minimum atomic E-state index is -0.254. The van der Waals surface area contributed by atoms with Gasteiger partial charge in [-0.15, -0.1) is 0 Å². The molecule has 2 aromatic rings. The van der Waals surface area contributed by atoms with E-state index in [1.807, 2.05) is 34.9 Å². The first-order valence-corrected chi connectivity index (χ1v) is 9.85. The van der Waals surface area contributed by atoms with Gasteiger partial charge in [-0.05, 0) is 48.3 Å². The third kappa shape index (κ3) is 3.80. The van der Waals surface area contributed by atoms with Crippen molar-refractivity contribution < 1.29 is 9.53 Å². The predicted molar refractivity (Wildman–Crippen MR) is 112 cm³/mol. The minimum Gasteiger partial charge on any atom is -0.469 e. The van der Waals surface area contributed by atoms with Crippen molar-refractivity contribution >= 4 is 29.0 Å². The van der Waals surface area contributed by atoms with E-state index in [0.717, 1.165) is 43.0 Å². The van der Waals surface area contributed by atoms with Crippen molar-refractivity contribution in [1.29, 1.82) is 0 Å². The number of carbonyl (C=O) groups excluding carboxylic acids is 1. The molecule has 28 heavy (non-hydrogen) atoms. The van der Waals surface area contributed by atoms with E-state index in [2.05, 4.69) is 16.3 Å². The molecular weight excluding hydrogens is 374 g/mol. The molecule has 0 amide bonds. The Bertz CT molecular complexity index is 954. The van der Waals surface area contributed by atoms with Gasteiger partial charge >= 0.3 is 5.97 Å². The molecule has 146 valence electrons. The number of pyridine rings is 1. The summed E-state index contributed by atoms with van der Waals surface area (Å²) in [4.78, 5) is 25.7. The minimum absolute atomic E-state index is 0.0911. The monoisotopic (exact) mass is 397 g/mol. The van der Waals surface area contributed by atoms with Crippen LogP contribution in [0.3, 0.4) is 0 Å². The number of methoxy groups -OCH3 is 1.